The number of nitrogens with one attached hydrogen (secondary N) is 2. The largest absolute Gasteiger partial charge is 0.492 e. The molecule has 2 rings (SSSR count). The van der Waals surface area contributed by atoms with Crippen LogP contribution in [-0.4, -0.2) is 36.4 Å². The molecule has 2 aromatic carbocycles. The summed E-state index contributed by atoms with van der Waals surface area (Å²) in [5.41, 5.74) is 3.21. The first-order chi connectivity index (χ1) is 12.4. The van der Waals surface area contributed by atoms with Crippen LogP contribution in [0.5, 0.6) is 5.75 Å². The van der Waals surface area contributed by atoms with E-state index in [0.717, 1.165) is 12.2 Å². The van der Waals surface area contributed by atoms with Crippen LogP contribution in [0.2, 0.25) is 0 Å². The minimum Gasteiger partial charge on any atom is -0.492 e. The van der Waals surface area contributed by atoms with Crippen molar-refractivity contribution >= 4 is 6.03 Å². The average molecular weight is 356 g/mol. The van der Waals surface area contributed by atoms with E-state index in [1.165, 1.54) is 16.7 Å². The number of carbonyl (C=O) groups excluding carboxylic acids is 1. The van der Waals surface area contributed by atoms with Crippen molar-refractivity contribution in [3.8, 4) is 5.75 Å². The van der Waals surface area contributed by atoms with Crippen molar-refractivity contribution in [3.05, 3.63) is 65.2 Å². The van der Waals surface area contributed by atoms with Crippen LogP contribution in [0.25, 0.3) is 0 Å². The maximum Gasteiger partial charge on any atom is 0.315 e. The molecule has 0 radical (unpaired) electrons. The molecule has 0 saturated carbocycles. The Morgan fingerprint density at radius 3 is 2.46 bits per heavy atom. The fourth-order valence-corrected chi connectivity index (χ4v) is 2.46. The number of aliphatic hydroxyl groups is 1. The van der Waals surface area contributed by atoms with E-state index in [1.807, 2.05) is 12.1 Å². The Labute approximate surface area is 155 Å². The first kappa shape index (κ1) is 19.8. The van der Waals surface area contributed by atoms with Crippen LogP contribution in [0.4, 0.5) is 4.79 Å². The number of rotatable bonds is 8. The molecule has 5 nitrogen and oxygen atoms in total. The summed E-state index contributed by atoms with van der Waals surface area (Å²) in [6.45, 7) is 6.27. The Morgan fingerprint density at radius 1 is 1.12 bits per heavy atom. The molecule has 0 bridgehead atoms. The summed E-state index contributed by atoms with van der Waals surface area (Å²) in [6.07, 6.45) is 0.898. The summed E-state index contributed by atoms with van der Waals surface area (Å²) >= 11 is 0. The zero-order valence-electron chi connectivity index (χ0n) is 15.7. The fourth-order valence-electron chi connectivity index (χ4n) is 2.46. The predicted octanol–water partition coefficient (Wildman–Crippen LogP) is 3.03. The molecule has 0 aliphatic rings. The first-order valence-electron chi connectivity index (χ1n) is 8.83. The van der Waals surface area contributed by atoms with E-state index in [4.69, 9.17) is 9.84 Å². The molecule has 0 unspecified atom stereocenters. The van der Waals surface area contributed by atoms with Crippen LogP contribution in [0.1, 0.15) is 30.5 Å². The monoisotopic (exact) mass is 356 g/mol. The van der Waals surface area contributed by atoms with E-state index in [0.29, 0.717) is 13.2 Å². The summed E-state index contributed by atoms with van der Waals surface area (Å²) < 4.78 is 5.65. The van der Waals surface area contributed by atoms with Crippen LogP contribution < -0.4 is 15.4 Å². The molecule has 2 aromatic rings. The van der Waals surface area contributed by atoms with Gasteiger partial charge in [0.05, 0.1) is 18.7 Å². The summed E-state index contributed by atoms with van der Waals surface area (Å²) in [5.74, 6) is 0.774. The second-order valence-electron chi connectivity index (χ2n) is 7.02. The quantitative estimate of drug-likeness (QED) is 0.637. The van der Waals surface area contributed by atoms with Crippen molar-refractivity contribution in [2.24, 2.45) is 0 Å². The summed E-state index contributed by atoms with van der Waals surface area (Å²) in [4.78, 5) is 11.7. The molecule has 0 spiro atoms. The molecule has 5 heteroatoms. The van der Waals surface area contributed by atoms with E-state index in [2.05, 4.69) is 54.0 Å². The zero-order chi connectivity index (χ0) is 19.0. The molecule has 0 heterocycles. The molecule has 0 aliphatic carbocycles. The number of aliphatic hydroxyl groups excluding tert-OH is 1. The van der Waals surface area contributed by atoms with Gasteiger partial charge < -0.3 is 20.5 Å². The molecule has 0 fully saturated rings. The minimum atomic E-state index is -0.641. The molecule has 26 heavy (non-hydrogen) atoms. The van der Waals surface area contributed by atoms with Gasteiger partial charge in [0.2, 0.25) is 0 Å². The summed E-state index contributed by atoms with van der Waals surface area (Å²) in [7, 11) is 0. The number of ether oxygens (including phenoxy) is 1. The van der Waals surface area contributed by atoms with Gasteiger partial charge in [-0.15, -0.1) is 0 Å². The van der Waals surface area contributed by atoms with Gasteiger partial charge in [-0.3, -0.25) is 0 Å². The van der Waals surface area contributed by atoms with Gasteiger partial charge >= 0.3 is 6.03 Å². The standard InChI is InChI=1S/C21H28N2O3/c1-16-6-4-5-7-18(16)14-17-8-10-19(11-9-17)26-13-12-22-20(25)23-21(2,3)15-24/h4-11,24H,12-15H2,1-3H3,(H2,22,23,25). The van der Waals surface area contributed by atoms with Crippen LogP contribution in [0.15, 0.2) is 48.5 Å². The lowest BCUT2D eigenvalue weighted by molar-refractivity contribution is 0.181. The van der Waals surface area contributed by atoms with Crippen molar-refractivity contribution in [1.82, 2.24) is 10.6 Å². The van der Waals surface area contributed by atoms with E-state index in [9.17, 15) is 4.79 Å². The number of hydrogen-bond donors (Lipinski definition) is 3. The molecular weight excluding hydrogens is 328 g/mol. The lowest BCUT2D eigenvalue weighted by atomic mass is 10.0. The van der Waals surface area contributed by atoms with Crippen molar-refractivity contribution in [2.75, 3.05) is 19.8 Å². The number of urea groups is 1. The lowest BCUT2D eigenvalue weighted by Gasteiger charge is -2.23. The van der Waals surface area contributed by atoms with Gasteiger partial charge in [0.25, 0.3) is 0 Å². The van der Waals surface area contributed by atoms with Crippen molar-refractivity contribution < 1.29 is 14.6 Å². The number of hydrogen-bond acceptors (Lipinski definition) is 3. The van der Waals surface area contributed by atoms with E-state index < -0.39 is 5.54 Å². The van der Waals surface area contributed by atoms with Gasteiger partial charge in [0, 0.05) is 0 Å². The van der Waals surface area contributed by atoms with Gasteiger partial charge in [-0.25, -0.2) is 4.79 Å². The Bertz CT molecular complexity index is 711. The number of aryl methyl sites for hydroxylation is 1. The predicted molar refractivity (Wildman–Crippen MR) is 104 cm³/mol. The maximum atomic E-state index is 11.7. The van der Waals surface area contributed by atoms with Crippen molar-refractivity contribution in [2.45, 2.75) is 32.7 Å². The number of carbonyl (C=O) groups is 1. The molecule has 3 N–H and O–H groups in total. The highest BCUT2D eigenvalue weighted by Gasteiger charge is 2.18. The van der Waals surface area contributed by atoms with E-state index >= 15 is 0 Å². The molecule has 2 amide bonds. The Kier molecular flexibility index (Phi) is 7.04. The van der Waals surface area contributed by atoms with Crippen molar-refractivity contribution in [3.63, 3.8) is 0 Å². The second-order valence-corrected chi connectivity index (χ2v) is 7.02. The Hall–Kier alpha value is -2.53. The highest BCUT2D eigenvalue weighted by atomic mass is 16.5. The fraction of sp³-hybridized carbons (Fsp3) is 0.381. The molecule has 0 aromatic heterocycles. The third-order valence-electron chi connectivity index (χ3n) is 4.08. The third kappa shape index (κ3) is 6.41. The molecule has 0 aliphatic heterocycles. The average Bonchev–Trinajstić information content (AvgIpc) is 2.62. The SMILES string of the molecule is Cc1ccccc1Cc1ccc(OCCNC(=O)NC(C)(C)CO)cc1. The van der Waals surface area contributed by atoms with Gasteiger partial charge in [0.15, 0.2) is 0 Å². The lowest BCUT2D eigenvalue weighted by Crippen LogP contribution is -2.51. The van der Waals surface area contributed by atoms with Gasteiger partial charge in [-0.1, -0.05) is 36.4 Å². The zero-order valence-corrected chi connectivity index (χ0v) is 15.7. The molecule has 140 valence electrons. The molecule has 0 atom stereocenters. The van der Waals surface area contributed by atoms with Crippen molar-refractivity contribution in [1.29, 1.82) is 0 Å². The van der Waals surface area contributed by atoms with Gasteiger partial charge in [-0.05, 0) is 56.0 Å². The van der Waals surface area contributed by atoms with Gasteiger partial charge in [0.1, 0.15) is 12.4 Å². The van der Waals surface area contributed by atoms with Crippen LogP contribution in [-0.2, 0) is 6.42 Å². The summed E-state index contributed by atoms with van der Waals surface area (Å²) in [6, 6.07) is 16.1. The molecule has 0 saturated heterocycles. The molecular formula is C21H28N2O3. The maximum absolute atomic E-state index is 11.7. The normalized spacial score (nSPS) is 11.1. The highest BCUT2D eigenvalue weighted by Crippen LogP contribution is 2.17. The topological polar surface area (TPSA) is 70.6 Å². The van der Waals surface area contributed by atoms with E-state index in [1.54, 1.807) is 13.8 Å². The number of benzene rings is 2. The second kappa shape index (κ2) is 9.25. The van der Waals surface area contributed by atoms with Crippen LogP contribution >= 0.6 is 0 Å². The van der Waals surface area contributed by atoms with Crippen LogP contribution in [0.3, 0.4) is 0 Å². The number of amides is 2. The minimum absolute atomic E-state index is 0.119. The van der Waals surface area contributed by atoms with Crippen LogP contribution in [0, 0.1) is 6.92 Å². The highest BCUT2D eigenvalue weighted by molar-refractivity contribution is 5.74. The summed E-state index contributed by atoms with van der Waals surface area (Å²) in [5, 5.41) is 14.5. The Morgan fingerprint density at radius 2 is 1.81 bits per heavy atom. The first-order valence-corrected chi connectivity index (χ1v) is 8.83. The third-order valence-corrected chi connectivity index (χ3v) is 4.08. The van der Waals surface area contributed by atoms with E-state index in [-0.39, 0.29) is 12.6 Å². The Balaban J connectivity index is 1.74. The smallest absolute Gasteiger partial charge is 0.315 e. The van der Waals surface area contributed by atoms with Gasteiger partial charge in [-0.2, -0.15) is 0 Å².